The Morgan fingerprint density at radius 1 is 1.47 bits per heavy atom. The molecule has 1 aromatic carbocycles. The summed E-state index contributed by atoms with van der Waals surface area (Å²) in [6.07, 6.45) is 0.928. The maximum absolute atomic E-state index is 11.1. The third kappa shape index (κ3) is 1.78. The van der Waals surface area contributed by atoms with E-state index in [0.717, 1.165) is 25.1 Å². The van der Waals surface area contributed by atoms with Gasteiger partial charge in [0.25, 0.3) is 0 Å². The first-order valence-corrected chi connectivity index (χ1v) is 5.00. The molecular formula is C12H14N2O. The number of carbonyl (C=O) groups is 1. The van der Waals surface area contributed by atoms with Gasteiger partial charge in [-0.15, -0.1) is 0 Å². The van der Waals surface area contributed by atoms with E-state index in [2.05, 4.69) is 18.0 Å². The van der Waals surface area contributed by atoms with Crippen LogP contribution in [-0.4, -0.2) is 12.5 Å². The average Bonchev–Trinajstić information content (AvgIpc) is 2.27. The van der Waals surface area contributed by atoms with Crippen molar-refractivity contribution >= 4 is 11.5 Å². The molecule has 0 fully saturated rings. The van der Waals surface area contributed by atoms with Gasteiger partial charge in [0.15, 0.2) is 0 Å². The Balaban J connectivity index is 2.48. The van der Waals surface area contributed by atoms with Gasteiger partial charge in [-0.2, -0.15) is 0 Å². The molecule has 3 N–H and O–H groups in total. The molecule has 1 heterocycles. The highest BCUT2D eigenvalue weighted by atomic mass is 16.1. The predicted molar refractivity (Wildman–Crippen MR) is 60.1 cm³/mol. The standard InChI is InChI=1S/C12H14N2O/c1-8(12(13)15)10-4-2-3-9-7-14-6-5-11(9)10/h2-4,14H,1,5-7H2,(H2,13,15). The summed E-state index contributed by atoms with van der Waals surface area (Å²) in [6, 6.07) is 5.92. The first-order chi connectivity index (χ1) is 7.20. The zero-order valence-corrected chi connectivity index (χ0v) is 8.55. The molecule has 1 aliphatic rings. The van der Waals surface area contributed by atoms with Crippen LogP contribution in [0.2, 0.25) is 0 Å². The molecule has 0 saturated carbocycles. The van der Waals surface area contributed by atoms with E-state index in [9.17, 15) is 4.79 Å². The number of hydrogen-bond acceptors (Lipinski definition) is 2. The van der Waals surface area contributed by atoms with Crippen molar-refractivity contribution in [1.82, 2.24) is 5.32 Å². The highest BCUT2D eigenvalue weighted by molar-refractivity contribution is 6.18. The number of benzene rings is 1. The highest BCUT2D eigenvalue weighted by Gasteiger charge is 2.15. The number of primary amides is 1. The number of nitrogens with two attached hydrogens (primary N) is 1. The Kier molecular flexibility index (Phi) is 2.56. The van der Waals surface area contributed by atoms with Gasteiger partial charge in [-0.05, 0) is 29.7 Å². The summed E-state index contributed by atoms with van der Waals surface area (Å²) in [4.78, 5) is 11.1. The van der Waals surface area contributed by atoms with Gasteiger partial charge in [0.05, 0.1) is 0 Å². The van der Waals surface area contributed by atoms with Crippen LogP contribution in [0.1, 0.15) is 16.7 Å². The first kappa shape index (κ1) is 9.93. The Labute approximate surface area is 89.0 Å². The van der Waals surface area contributed by atoms with Crippen LogP contribution >= 0.6 is 0 Å². The fourth-order valence-electron chi connectivity index (χ4n) is 1.95. The molecule has 78 valence electrons. The van der Waals surface area contributed by atoms with E-state index in [1.165, 1.54) is 11.1 Å². The monoisotopic (exact) mass is 202 g/mol. The van der Waals surface area contributed by atoms with E-state index in [1.807, 2.05) is 12.1 Å². The normalized spacial score (nSPS) is 14.4. The van der Waals surface area contributed by atoms with Crippen LogP contribution in [0.15, 0.2) is 24.8 Å². The van der Waals surface area contributed by atoms with E-state index < -0.39 is 5.91 Å². The lowest BCUT2D eigenvalue weighted by Crippen LogP contribution is -2.25. The van der Waals surface area contributed by atoms with Gasteiger partial charge in [0, 0.05) is 12.1 Å². The van der Waals surface area contributed by atoms with Crippen LogP contribution in [-0.2, 0) is 17.8 Å². The molecule has 3 heteroatoms. The molecule has 0 bridgehead atoms. The summed E-state index contributed by atoms with van der Waals surface area (Å²) >= 11 is 0. The molecule has 0 saturated heterocycles. The fourth-order valence-corrected chi connectivity index (χ4v) is 1.95. The lowest BCUT2D eigenvalue weighted by atomic mass is 9.92. The van der Waals surface area contributed by atoms with Crippen molar-refractivity contribution in [3.05, 3.63) is 41.5 Å². The second-order valence-electron chi connectivity index (χ2n) is 3.71. The van der Waals surface area contributed by atoms with Gasteiger partial charge in [-0.25, -0.2) is 0 Å². The van der Waals surface area contributed by atoms with E-state index >= 15 is 0 Å². The van der Waals surface area contributed by atoms with Crippen molar-refractivity contribution in [3.8, 4) is 0 Å². The van der Waals surface area contributed by atoms with Crippen molar-refractivity contribution in [2.75, 3.05) is 6.54 Å². The largest absolute Gasteiger partial charge is 0.366 e. The SMILES string of the molecule is C=C(C(N)=O)c1cccc2c1CCNC2. The first-order valence-electron chi connectivity index (χ1n) is 5.00. The van der Waals surface area contributed by atoms with Gasteiger partial charge < -0.3 is 11.1 Å². The second-order valence-corrected chi connectivity index (χ2v) is 3.71. The number of fused-ring (bicyclic) bond motifs is 1. The minimum absolute atomic E-state index is 0.411. The van der Waals surface area contributed by atoms with Crippen molar-refractivity contribution < 1.29 is 4.79 Å². The topological polar surface area (TPSA) is 55.1 Å². The number of hydrogen-bond donors (Lipinski definition) is 2. The lowest BCUT2D eigenvalue weighted by Gasteiger charge is -2.20. The number of amides is 1. The maximum Gasteiger partial charge on any atom is 0.248 e. The number of carbonyl (C=O) groups excluding carboxylic acids is 1. The van der Waals surface area contributed by atoms with E-state index in [4.69, 9.17) is 5.73 Å². The summed E-state index contributed by atoms with van der Waals surface area (Å²) in [6.45, 7) is 5.53. The Morgan fingerprint density at radius 2 is 2.27 bits per heavy atom. The van der Waals surface area contributed by atoms with Crippen LogP contribution in [0.4, 0.5) is 0 Å². The number of rotatable bonds is 2. The summed E-state index contributed by atoms with van der Waals surface area (Å²) in [5.74, 6) is -0.443. The molecule has 0 aromatic heterocycles. The molecule has 0 aliphatic carbocycles. The highest BCUT2D eigenvalue weighted by Crippen LogP contribution is 2.23. The molecule has 1 amide bonds. The molecule has 1 aromatic rings. The van der Waals surface area contributed by atoms with Crippen LogP contribution in [0, 0.1) is 0 Å². The van der Waals surface area contributed by atoms with Gasteiger partial charge >= 0.3 is 0 Å². The van der Waals surface area contributed by atoms with Gasteiger partial charge in [0.1, 0.15) is 0 Å². The maximum atomic E-state index is 11.1. The van der Waals surface area contributed by atoms with E-state index in [-0.39, 0.29) is 0 Å². The smallest absolute Gasteiger partial charge is 0.248 e. The second kappa shape index (κ2) is 3.87. The van der Waals surface area contributed by atoms with Gasteiger partial charge in [-0.3, -0.25) is 4.79 Å². The lowest BCUT2D eigenvalue weighted by molar-refractivity contribution is -0.112. The molecule has 15 heavy (non-hydrogen) atoms. The minimum atomic E-state index is -0.443. The van der Waals surface area contributed by atoms with Crippen LogP contribution in [0.5, 0.6) is 0 Å². The molecule has 0 atom stereocenters. The van der Waals surface area contributed by atoms with Crippen molar-refractivity contribution in [1.29, 1.82) is 0 Å². The third-order valence-corrected chi connectivity index (χ3v) is 2.76. The quantitative estimate of drug-likeness (QED) is 0.698. The van der Waals surface area contributed by atoms with Crippen molar-refractivity contribution in [2.24, 2.45) is 5.73 Å². The minimum Gasteiger partial charge on any atom is -0.366 e. The summed E-state index contributed by atoms with van der Waals surface area (Å²) < 4.78 is 0. The molecule has 0 unspecified atom stereocenters. The van der Waals surface area contributed by atoms with Crippen LogP contribution in [0.3, 0.4) is 0 Å². The third-order valence-electron chi connectivity index (χ3n) is 2.76. The molecule has 2 rings (SSSR count). The number of nitrogens with one attached hydrogen (secondary N) is 1. The Bertz CT molecular complexity index is 424. The summed E-state index contributed by atoms with van der Waals surface area (Å²) in [5, 5.41) is 3.29. The van der Waals surface area contributed by atoms with Crippen LogP contribution in [0.25, 0.3) is 5.57 Å². The van der Waals surface area contributed by atoms with E-state index in [0.29, 0.717) is 5.57 Å². The zero-order chi connectivity index (χ0) is 10.8. The Hall–Kier alpha value is -1.61. The summed E-state index contributed by atoms with van der Waals surface area (Å²) in [7, 11) is 0. The van der Waals surface area contributed by atoms with Crippen molar-refractivity contribution in [3.63, 3.8) is 0 Å². The molecular weight excluding hydrogens is 188 g/mol. The molecule has 3 nitrogen and oxygen atoms in total. The van der Waals surface area contributed by atoms with E-state index in [1.54, 1.807) is 0 Å². The molecule has 0 radical (unpaired) electrons. The average molecular weight is 202 g/mol. The zero-order valence-electron chi connectivity index (χ0n) is 8.55. The van der Waals surface area contributed by atoms with Crippen molar-refractivity contribution in [2.45, 2.75) is 13.0 Å². The molecule has 1 aliphatic heterocycles. The van der Waals surface area contributed by atoms with Gasteiger partial charge in [0.2, 0.25) is 5.91 Å². The summed E-state index contributed by atoms with van der Waals surface area (Å²) in [5.41, 5.74) is 9.01. The molecule has 0 spiro atoms. The fraction of sp³-hybridized carbons (Fsp3) is 0.250. The predicted octanol–water partition coefficient (Wildman–Crippen LogP) is 0.831. The van der Waals surface area contributed by atoms with Crippen LogP contribution < -0.4 is 11.1 Å². The van der Waals surface area contributed by atoms with Gasteiger partial charge in [-0.1, -0.05) is 24.8 Å². The Morgan fingerprint density at radius 3 is 3.00 bits per heavy atom.